The molecule has 2 aromatic rings. The lowest BCUT2D eigenvalue weighted by Gasteiger charge is -2.18. The highest BCUT2D eigenvalue weighted by molar-refractivity contribution is 6.15. The number of hydrogen-bond donors (Lipinski definition) is 1. The van der Waals surface area contributed by atoms with E-state index in [1.54, 1.807) is 19.3 Å². The summed E-state index contributed by atoms with van der Waals surface area (Å²) in [6.45, 7) is 4.42. The van der Waals surface area contributed by atoms with Gasteiger partial charge < -0.3 is 14.6 Å². The zero-order chi connectivity index (χ0) is 19.0. The van der Waals surface area contributed by atoms with Crippen molar-refractivity contribution in [1.29, 1.82) is 0 Å². The molecule has 0 spiro atoms. The first-order valence-corrected chi connectivity index (χ1v) is 9.23. The van der Waals surface area contributed by atoms with E-state index in [-0.39, 0.29) is 17.3 Å². The van der Waals surface area contributed by atoms with E-state index in [1.807, 2.05) is 31.2 Å². The molecule has 0 unspecified atom stereocenters. The summed E-state index contributed by atoms with van der Waals surface area (Å²) in [4.78, 5) is 15.2. The number of nitrogens with zero attached hydrogens (tertiary/aromatic N) is 1. The van der Waals surface area contributed by atoms with Gasteiger partial charge in [0.05, 0.1) is 18.2 Å². The summed E-state index contributed by atoms with van der Waals surface area (Å²) < 4.78 is 11.2. The molecule has 2 aliphatic rings. The molecule has 2 aromatic carbocycles. The molecule has 0 saturated carbocycles. The molecular formula is C22H23NO4. The van der Waals surface area contributed by atoms with E-state index in [1.165, 1.54) is 0 Å². The van der Waals surface area contributed by atoms with E-state index in [0.29, 0.717) is 23.4 Å². The van der Waals surface area contributed by atoms with Crippen LogP contribution in [0.15, 0.2) is 36.1 Å². The number of aryl methyl sites for hydroxylation is 1. The second-order valence-corrected chi connectivity index (χ2v) is 7.09. The van der Waals surface area contributed by atoms with Crippen molar-refractivity contribution in [2.24, 2.45) is 0 Å². The minimum atomic E-state index is -0.145. The molecule has 0 atom stereocenters. The molecule has 1 N–H and O–H groups in total. The standard InChI is InChI=1S/C22H23NO4/c1-14-10-18(24)17(13-23-8-3-4-9-23)22-20(14)21(25)19(27-22)12-15-6-5-7-16(11-15)26-2/h5-7,10-12,24H,3-4,8-9,13H2,1-2H3/b19-12-. The maximum absolute atomic E-state index is 13.0. The lowest BCUT2D eigenvalue weighted by Crippen LogP contribution is -2.19. The normalized spacial score (nSPS) is 18.0. The van der Waals surface area contributed by atoms with E-state index in [2.05, 4.69) is 4.90 Å². The number of likely N-dealkylation sites (tertiary alicyclic amines) is 1. The molecule has 0 amide bonds. The lowest BCUT2D eigenvalue weighted by molar-refractivity contribution is 0.101. The number of carbonyl (C=O) groups excluding carboxylic acids is 1. The molecule has 5 heteroatoms. The molecule has 0 radical (unpaired) electrons. The van der Waals surface area contributed by atoms with Crippen molar-refractivity contribution in [3.05, 3.63) is 58.3 Å². The first-order chi connectivity index (χ1) is 13.1. The lowest BCUT2D eigenvalue weighted by atomic mass is 9.99. The van der Waals surface area contributed by atoms with Crippen LogP contribution in [0, 0.1) is 6.92 Å². The van der Waals surface area contributed by atoms with Gasteiger partial charge in [0.1, 0.15) is 17.2 Å². The van der Waals surface area contributed by atoms with E-state index in [9.17, 15) is 9.90 Å². The monoisotopic (exact) mass is 365 g/mol. The maximum atomic E-state index is 13.0. The third-order valence-corrected chi connectivity index (χ3v) is 5.19. The van der Waals surface area contributed by atoms with Crippen LogP contribution < -0.4 is 9.47 Å². The Morgan fingerprint density at radius 3 is 2.78 bits per heavy atom. The Morgan fingerprint density at radius 1 is 1.26 bits per heavy atom. The number of allylic oxidation sites excluding steroid dienone is 1. The van der Waals surface area contributed by atoms with Crippen LogP contribution in [0.3, 0.4) is 0 Å². The van der Waals surface area contributed by atoms with Gasteiger partial charge in [-0.2, -0.15) is 0 Å². The average molecular weight is 365 g/mol. The number of methoxy groups -OCH3 is 1. The molecule has 140 valence electrons. The van der Waals surface area contributed by atoms with E-state index < -0.39 is 0 Å². The molecule has 1 fully saturated rings. The Hall–Kier alpha value is -2.79. The van der Waals surface area contributed by atoms with Gasteiger partial charge in [0.2, 0.25) is 5.78 Å². The Morgan fingerprint density at radius 2 is 2.04 bits per heavy atom. The largest absolute Gasteiger partial charge is 0.507 e. The summed E-state index contributed by atoms with van der Waals surface area (Å²) in [6, 6.07) is 9.13. The van der Waals surface area contributed by atoms with Crippen LogP contribution in [0.2, 0.25) is 0 Å². The first kappa shape index (κ1) is 17.6. The molecule has 2 heterocycles. The highest BCUT2D eigenvalue weighted by atomic mass is 16.5. The van der Waals surface area contributed by atoms with Gasteiger partial charge in [0.25, 0.3) is 0 Å². The number of ether oxygens (including phenoxy) is 2. The van der Waals surface area contributed by atoms with Crippen molar-refractivity contribution in [3.63, 3.8) is 0 Å². The van der Waals surface area contributed by atoms with Crippen molar-refractivity contribution in [3.8, 4) is 17.2 Å². The number of benzene rings is 2. The highest BCUT2D eigenvalue weighted by Crippen LogP contribution is 2.42. The molecule has 27 heavy (non-hydrogen) atoms. The molecule has 5 nitrogen and oxygen atoms in total. The zero-order valence-corrected chi connectivity index (χ0v) is 15.6. The van der Waals surface area contributed by atoms with Gasteiger partial charge in [-0.3, -0.25) is 9.69 Å². The van der Waals surface area contributed by atoms with Crippen molar-refractivity contribution >= 4 is 11.9 Å². The van der Waals surface area contributed by atoms with Crippen molar-refractivity contribution in [2.75, 3.05) is 20.2 Å². The second-order valence-electron chi connectivity index (χ2n) is 7.09. The quantitative estimate of drug-likeness (QED) is 0.832. The predicted molar refractivity (Wildman–Crippen MR) is 103 cm³/mol. The SMILES string of the molecule is COc1cccc(/C=C2\Oc3c(CN4CCCC4)c(O)cc(C)c3C2=O)c1. The van der Waals surface area contributed by atoms with E-state index in [4.69, 9.17) is 9.47 Å². The summed E-state index contributed by atoms with van der Waals surface area (Å²) in [5.74, 6) is 1.53. The average Bonchev–Trinajstić information content (AvgIpc) is 3.27. The summed E-state index contributed by atoms with van der Waals surface area (Å²) in [5.41, 5.74) is 2.80. The van der Waals surface area contributed by atoms with Gasteiger partial charge in [-0.05, 0) is 68.3 Å². The van der Waals surface area contributed by atoms with Crippen LogP contribution >= 0.6 is 0 Å². The molecular weight excluding hydrogens is 342 g/mol. The Balaban J connectivity index is 1.71. The summed E-state index contributed by atoms with van der Waals surface area (Å²) in [6.07, 6.45) is 4.05. The van der Waals surface area contributed by atoms with E-state index in [0.717, 1.165) is 42.8 Å². The van der Waals surface area contributed by atoms with E-state index >= 15 is 0 Å². The second kappa shape index (κ2) is 7.08. The summed E-state index contributed by atoms with van der Waals surface area (Å²) >= 11 is 0. The molecule has 0 bridgehead atoms. The molecule has 0 aliphatic carbocycles. The van der Waals surface area contributed by atoms with Gasteiger partial charge in [0, 0.05) is 6.54 Å². The number of hydrogen-bond acceptors (Lipinski definition) is 5. The fourth-order valence-electron chi connectivity index (χ4n) is 3.78. The van der Waals surface area contributed by atoms with Crippen LogP contribution in [0.4, 0.5) is 0 Å². The number of rotatable bonds is 4. The highest BCUT2D eigenvalue weighted by Gasteiger charge is 2.33. The third-order valence-electron chi connectivity index (χ3n) is 5.19. The van der Waals surface area contributed by atoms with Crippen LogP contribution in [0.25, 0.3) is 6.08 Å². The number of ketones is 1. The van der Waals surface area contributed by atoms with Gasteiger partial charge in [-0.25, -0.2) is 0 Å². The smallest absolute Gasteiger partial charge is 0.232 e. The Kier molecular flexibility index (Phi) is 4.62. The molecule has 2 aliphatic heterocycles. The van der Waals surface area contributed by atoms with Crippen molar-refractivity contribution in [2.45, 2.75) is 26.3 Å². The minimum Gasteiger partial charge on any atom is -0.507 e. The predicted octanol–water partition coefficient (Wildman–Crippen LogP) is 3.92. The van der Waals surface area contributed by atoms with Crippen molar-refractivity contribution in [1.82, 2.24) is 4.90 Å². The van der Waals surface area contributed by atoms with Crippen molar-refractivity contribution < 1.29 is 19.4 Å². The van der Waals surface area contributed by atoms with Gasteiger partial charge in [-0.1, -0.05) is 12.1 Å². The minimum absolute atomic E-state index is 0.145. The summed E-state index contributed by atoms with van der Waals surface area (Å²) in [5, 5.41) is 10.5. The first-order valence-electron chi connectivity index (χ1n) is 9.23. The number of Topliss-reactive ketones (excluding diaryl/α,β-unsaturated/α-hetero) is 1. The topological polar surface area (TPSA) is 59.0 Å². The van der Waals surface area contributed by atoms with Gasteiger partial charge in [-0.15, -0.1) is 0 Å². The number of fused-ring (bicyclic) bond motifs is 1. The maximum Gasteiger partial charge on any atom is 0.232 e. The van der Waals surface area contributed by atoms with Crippen LogP contribution in [0.5, 0.6) is 17.2 Å². The number of carbonyl (C=O) groups is 1. The molecule has 4 rings (SSSR count). The summed E-state index contributed by atoms with van der Waals surface area (Å²) in [7, 11) is 1.61. The fraction of sp³-hybridized carbons (Fsp3) is 0.318. The number of phenols is 1. The van der Waals surface area contributed by atoms with Crippen LogP contribution in [0.1, 0.15) is 39.9 Å². The third kappa shape index (κ3) is 3.30. The Bertz CT molecular complexity index is 926. The van der Waals surface area contributed by atoms with Crippen LogP contribution in [-0.2, 0) is 6.54 Å². The van der Waals surface area contributed by atoms with Gasteiger partial charge >= 0.3 is 0 Å². The number of aromatic hydroxyl groups is 1. The molecule has 1 saturated heterocycles. The van der Waals surface area contributed by atoms with Gasteiger partial charge in [0.15, 0.2) is 5.76 Å². The Labute approximate surface area is 158 Å². The van der Waals surface area contributed by atoms with Crippen LogP contribution in [-0.4, -0.2) is 36.0 Å². The zero-order valence-electron chi connectivity index (χ0n) is 15.6. The molecule has 0 aromatic heterocycles. The number of phenolic OH excluding ortho intramolecular Hbond substituents is 1. The fourth-order valence-corrected chi connectivity index (χ4v) is 3.78.